The molecular formula is C25H20Cl2F2N2O3S. The summed E-state index contributed by atoms with van der Waals surface area (Å²) in [7, 11) is -3.45. The number of sulfone groups is 1. The Hall–Kier alpha value is -2.78. The number of hydrogen-bond donors (Lipinski definition) is 1. The van der Waals surface area contributed by atoms with Crippen LogP contribution in [-0.4, -0.2) is 29.6 Å². The molecule has 1 aromatic heterocycles. The van der Waals surface area contributed by atoms with Crippen molar-refractivity contribution in [1.82, 2.24) is 9.78 Å². The molecule has 10 heteroatoms. The van der Waals surface area contributed by atoms with Gasteiger partial charge in [0.05, 0.1) is 26.2 Å². The molecule has 0 bridgehead atoms. The van der Waals surface area contributed by atoms with Crippen molar-refractivity contribution in [2.45, 2.75) is 24.3 Å². The Morgan fingerprint density at radius 3 is 2.20 bits per heavy atom. The van der Waals surface area contributed by atoms with E-state index < -0.39 is 27.1 Å². The average molecular weight is 537 g/mol. The van der Waals surface area contributed by atoms with E-state index >= 15 is 4.39 Å². The molecule has 1 N–H and O–H groups in total. The number of nitrogens with zero attached hydrogens (tertiary/aromatic N) is 2. The van der Waals surface area contributed by atoms with Crippen molar-refractivity contribution >= 4 is 33.0 Å². The van der Waals surface area contributed by atoms with Crippen LogP contribution < -0.4 is 0 Å². The number of hydrogen-bond acceptors (Lipinski definition) is 4. The third-order valence-electron chi connectivity index (χ3n) is 5.38. The fourth-order valence-electron chi connectivity index (χ4n) is 3.67. The lowest BCUT2D eigenvalue weighted by Crippen LogP contribution is -2.17. The molecule has 0 radical (unpaired) electrons. The van der Waals surface area contributed by atoms with Crippen molar-refractivity contribution in [3.05, 3.63) is 88.0 Å². The van der Waals surface area contributed by atoms with E-state index in [-0.39, 0.29) is 37.6 Å². The molecule has 0 aliphatic rings. The Balaban J connectivity index is 1.93. The molecule has 0 fully saturated rings. The van der Waals surface area contributed by atoms with Crippen LogP contribution in [0.4, 0.5) is 8.78 Å². The van der Waals surface area contributed by atoms with Gasteiger partial charge >= 0.3 is 0 Å². The van der Waals surface area contributed by atoms with Crippen LogP contribution in [0.3, 0.4) is 0 Å². The summed E-state index contributed by atoms with van der Waals surface area (Å²) in [6.45, 7) is 2.90. The summed E-state index contributed by atoms with van der Waals surface area (Å²) in [5.41, 5.74) is -0.770. The Morgan fingerprint density at radius 1 is 0.943 bits per heavy atom. The molecular weight excluding hydrogens is 517 g/mol. The standard InChI is InChI=1S/C25H20Cl2F2N2O3S/c1-25(2,32)24-22(27)23(21-17(26)8-5-9-18(21)28)31(30-24)20-11-10-15(13-19(20)29)14-6-4-7-16(12-14)35(3,33)34/h4-13,32H,1-3H3. The third kappa shape index (κ3) is 4.84. The summed E-state index contributed by atoms with van der Waals surface area (Å²) in [5, 5.41) is 14.8. The number of benzene rings is 3. The zero-order chi connectivity index (χ0) is 25.7. The first kappa shape index (κ1) is 25.3. The van der Waals surface area contributed by atoms with Crippen LogP contribution in [0.15, 0.2) is 65.6 Å². The molecule has 0 spiro atoms. The Labute approximate surface area is 211 Å². The van der Waals surface area contributed by atoms with Crippen molar-refractivity contribution in [1.29, 1.82) is 0 Å². The summed E-state index contributed by atoms with van der Waals surface area (Å²) < 4.78 is 55.2. The highest BCUT2D eigenvalue weighted by Crippen LogP contribution is 2.41. The lowest BCUT2D eigenvalue weighted by molar-refractivity contribution is 0.0735. The molecule has 35 heavy (non-hydrogen) atoms. The van der Waals surface area contributed by atoms with Gasteiger partial charge in [-0.05, 0) is 61.4 Å². The van der Waals surface area contributed by atoms with Crippen molar-refractivity contribution in [3.63, 3.8) is 0 Å². The molecule has 0 aliphatic carbocycles. The SMILES string of the molecule is CC(C)(O)c1nn(-c2ccc(-c3cccc(S(C)(=O)=O)c3)cc2F)c(-c2c(F)cccc2Cl)c1Cl. The van der Waals surface area contributed by atoms with Gasteiger partial charge in [-0.15, -0.1) is 0 Å². The Bertz CT molecular complexity index is 1540. The first-order chi connectivity index (χ1) is 16.3. The van der Waals surface area contributed by atoms with Crippen LogP contribution in [0, 0.1) is 11.6 Å². The first-order valence-corrected chi connectivity index (χ1v) is 13.0. The van der Waals surface area contributed by atoms with E-state index in [2.05, 4.69) is 5.10 Å². The van der Waals surface area contributed by atoms with E-state index in [0.717, 1.165) is 10.9 Å². The molecule has 0 atom stereocenters. The topological polar surface area (TPSA) is 72.2 Å². The lowest BCUT2D eigenvalue weighted by Gasteiger charge is -2.14. The van der Waals surface area contributed by atoms with E-state index in [0.29, 0.717) is 11.1 Å². The number of rotatable bonds is 5. The minimum absolute atomic E-state index is 0.0119. The van der Waals surface area contributed by atoms with Crippen LogP contribution in [0.25, 0.3) is 28.1 Å². The second-order valence-corrected chi connectivity index (χ2v) is 11.3. The highest BCUT2D eigenvalue weighted by molar-refractivity contribution is 7.90. The average Bonchev–Trinajstić information content (AvgIpc) is 3.10. The normalized spacial score (nSPS) is 12.2. The fraction of sp³-hybridized carbons (Fsp3) is 0.160. The summed E-state index contributed by atoms with van der Waals surface area (Å²) >= 11 is 12.8. The van der Waals surface area contributed by atoms with E-state index in [4.69, 9.17) is 23.2 Å². The zero-order valence-corrected chi connectivity index (χ0v) is 21.2. The highest BCUT2D eigenvalue weighted by atomic mass is 35.5. The van der Waals surface area contributed by atoms with Gasteiger partial charge in [-0.2, -0.15) is 5.10 Å². The molecule has 0 amide bonds. The van der Waals surface area contributed by atoms with Crippen LogP contribution >= 0.6 is 23.2 Å². The van der Waals surface area contributed by atoms with Gasteiger partial charge in [0.1, 0.15) is 28.6 Å². The quantitative estimate of drug-likeness (QED) is 0.319. The molecule has 5 nitrogen and oxygen atoms in total. The van der Waals surface area contributed by atoms with Gasteiger partial charge in [0.15, 0.2) is 9.84 Å². The van der Waals surface area contributed by atoms with Crippen LogP contribution in [0.2, 0.25) is 10.0 Å². The van der Waals surface area contributed by atoms with Gasteiger partial charge in [-0.25, -0.2) is 21.9 Å². The van der Waals surface area contributed by atoms with Crippen molar-refractivity contribution < 1.29 is 22.3 Å². The monoisotopic (exact) mass is 536 g/mol. The molecule has 182 valence electrons. The van der Waals surface area contributed by atoms with E-state index in [9.17, 15) is 17.9 Å². The molecule has 3 aromatic carbocycles. The van der Waals surface area contributed by atoms with Gasteiger partial charge < -0.3 is 5.11 Å². The summed E-state index contributed by atoms with van der Waals surface area (Å²) in [6.07, 6.45) is 1.09. The van der Waals surface area contributed by atoms with Gasteiger partial charge in [0.2, 0.25) is 0 Å². The Kier molecular flexibility index (Phi) is 6.53. The predicted octanol–water partition coefficient (Wildman–Crippen LogP) is 6.42. The maximum absolute atomic E-state index is 15.5. The zero-order valence-electron chi connectivity index (χ0n) is 18.9. The number of aliphatic hydroxyl groups is 1. The fourth-order valence-corrected chi connectivity index (χ4v) is 5.03. The molecule has 0 unspecified atom stereocenters. The highest BCUT2D eigenvalue weighted by Gasteiger charge is 2.31. The second-order valence-electron chi connectivity index (χ2n) is 8.54. The molecule has 0 saturated heterocycles. The minimum Gasteiger partial charge on any atom is -0.384 e. The molecule has 4 aromatic rings. The van der Waals surface area contributed by atoms with Crippen LogP contribution in [0.5, 0.6) is 0 Å². The molecule has 0 saturated carbocycles. The van der Waals surface area contributed by atoms with Crippen molar-refractivity contribution in [2.75, 3.05) is 6.26 Å². The first-order valence-electron chi connectivity index (χ1n) is 10.3. The number of aromatic nitrogens is 2. The molecule has 4 rings (SSSR count). The van der Waals surface area contributed by atoms with Gasteiger partial charge in [0.25, 0.3) is 0 Å². The van der Waals surface area contributed by atoms with E-state index in [1.54, 1.807) is 18.2 Å². The number of halogens is 4. The summed E-state index contributed by atoms with van der Waals surface area (Å²) in [6, 6.07) is 14.4. The second kappa shape index (κ2) is 9.02. The molecule has 0 aliphatic heterocycles. The largest absolute Gasteiger partial charge is 0.384 e. The maximum Gasteiger partial charge on any atom is 0.175 e. The van der Waals surface area contributed by atoms with Crippen molar-refractivity contribution in [2.24, 2.45) is 0 Å². The van der Waals surface area contributed by atoms with Gasteiger partial charge in [-0.3, -0.25) is 0 Å². The van der Waals surface area contributed by atoms with Crippen LogP contribution in [-0.2, 0) is 15.4 Å². The predicted molar refractivity (Wildman–Crippen MR) is 133 cm³/mol. The Morgan fingerprint density at radius 2 is 1.60 bits per heavy atom. The maximum atomic E-state index is 15.5. The van der Waals surface area contributed by atoms with Crippen molar-refractivity contribution in [3.8, 4) is 28.1 Å². The summed E-state index contributed by atoms with van der Waals surface area (Å²) in [4.78, 5) is 0.102. The third-order valence-corrected chi connectivity index (χ3v) is 7.16. The van der Waals surface area contributed by atoms with E-state index in [1.807, 2.05) is 0 Å². The smallest absolute Gasteiger partial charge is 0.175 e. The van der Waals surface area contributed by atoms with E-state index in [1.165, 1.54) is 56.3 Å². The minimum atomic E-state index is -3.45. The van der Waals surface area contributed by atoms with Gasteiger partial charge in [0, 0.05) is 6.26 Å². The molecule has 1 heterocycles. The van der Waals surface area contributed by atoms with Crippen LogP contribution in [0.1, 0.15) is 19.5 Å². The lowest BCUT2D eigenvalue weighted by atomic mass is 10.0. The van der Waals surface area contributed by atoms with Gasteiger partial charge in [-0.1, -0.05) is 47.5 Å². The summed E-state index contributed by atoms with van der Waals surface area (Å²) in [5.74, 6) is -1.43.